The van der Waals surface area contributed by atoms with Crippen LogP contribution >= 0.6 is 0 Å². The van der Waals surface area contributed by atoms with Crippen molar-refractivity contribution in [1.29, 1.82) is 0 Å². The van der Waals surface area contributed by atoms with Crippen LogP contribution < -0.4 is 14.8 Å². The number of hydrogen-bond acceptors (Lipinski definition) is 4. The molecule has 0 spiro atoms. The molecule has 1 N–H and O–H groups in total. The van der Waals surface area contributed by atoms with Crippen LogP contribution in [0.2, 0.25) is 0 Å². The summed E-state index contributed by atoms with van der Waals surface area (Å²) in [5, 5.41) is 2.86. The summed E-state index contributed by atoms with van der Waals surface area (Å²) in [4.78, 5) is 16.7. The van der Waals surface area contributed by atoms with E-state index in [2.05, 4.69) is 29.4 Å². The van der Waals surface area contributed by atoms with Crippen molar-refractivity contribution < 1.29 is 14.3 Å². The molecule has 2 aromatic carbocycles. The SMILES string of the molecule is Cc1ccccc1CCC1=N/C(=C/c2ccc3c(c2)OCCO3)C(=O)N1. The lowest BCUT2D eigenvalue weighted by atomic mass is 10.0. The first-order valence-corrected chi connectivity index (χ1v) is 8.74. The number of aryl methyl sites for hydroxylation is 2. The van der Waals surface area contributed by atoms with Gasteiger partial charge in [0, 0.05) is 6.42 Å². The van der Waals surface area contributed by atoms with Gasteiger partial charge in [0.1, 0.15) is 24.7 Å². The first-order valence-electron chi connectivity index (χ1n) is 8.74. The van der Waals surface area contributed by atoms with E-state index >= 15 is 0 Å². The first-order chi connectivity index (χ1) is 12.7. The summed E-state index contributed by atoms with van der Waals surface area (Å²) in [5.41, 5.74) is 3.81. The summed E-state index contributed by atoms with van der Waals surface area (Å²) >= 11 is 0. The lowest BCUT2D eigenvalue weighted by molar-refractivity contribution is -0.115. The fourth-order valence-corrected chi connectivity index (χ4v) is 3.09. The Morgan fingerprint density at radius 2 is 1.88 bits per heavy atom. The smallest absolute Gasteiger partial charge is 0.275 e. The molecule has 4 rings (SSSR count). The summed E-state index contributed by atoms with van der Waals surface area (Å²) in [6.45, 7) is 3.19. The van der Waals surface area contributed by atoms with Gasteiger partial charge in [0.25, 0.3) is 5.91 Å². The zero-order chi connectivity index (χ0) is 17.9. The van der Waals surface area contributed by atoms with Crippen LogP contribution in [-0.2, 0) is 11.2 Å². The Hall–Kier alpha value is -3.08. The molecule has 2 aliphatic heterocycles. The molecule has 132 valence electrons. The van der Waals surface area contributed by atoms with Gasteiger partial charge in [-0.3, -0.25) is 4.79 Å². The van der Waals surface area contributed by atoms with E-state index in [1.165, 1.54) is 11.1 Å². The normalized spacial score (nSPS) is 17.2. The van der Waals surface area contributed by atoms with Gasteiger partial charge in [-0.25, -0.2) is 4.99 Å². The van der Waals surface area contributed by atoms with E-state index in [1.54, 1.807) is 6.08 Å². The highest BCUT2D eigenvalue weighted by Gasteiger charge is 2.20. The second-order valence-corrected chi connectivity index (χ2v) is 6.37. The van der Waals surface area contributed by atoms with Gasteiger partial charge >= 0.3 is 0 Å². The van der Waals surface area contributed by atoms with Gasteiger partial charge in [0.15, 0.2) is 11.5 Å². The second-order valence-electron chi connectivity index (χ2n) is 6.37. The lowest BCUT2D eigenvalue weighted by Gasteiger charge is -2.18. The number of amides is 1. The molecule has 0 unspecified atom stereocenters. The van der Waals surface area contributed by atoms with Crippen molar-refractivity contribution in [2.24, 2.45) is 4.99 Å². The Labute approximate surface area is 152 Å². The van der Waals surface area contributed by atoms with Crippen LogP contribution in [0.15, 0.2) is 53.2 Å². The van der Waals surface area contributed by atoms with Crippen LogP contribution in [0.5, 0.6) is 11.5 Å². The van der Waals surface area contributed by atoms with Crippen LogP contribution in [0, 0.1) is 6.92 Å². The average molecular weight is 348 g/mol. The van der Waals surface area contributed by atoms with Crippen molar-refractivity contribution >= 4 is 17.8 Å². The van der Waals surface area contributed by atoms with Gasteiger partial charge in [0.05, 0.1) is 0 Å². The highest BCUT2D eigenvalue weighted by molar-refractivity contribution is 6.14. The van der Waals surface area contributed by atoms with E-state index in [1.807, 2.05) is 30.3 Å². The van der Waals surface area contributed by atoms with E-state index in [4.69, 9.17) is 9.47 Å². The fourth-order valence-electron chi connectivity index (χ4n) is 3.09. The number of nitrogens with zero attached hydrogens (tertiary/aromatic N) is 1. The molecule has 0 saturated heterocycles. The van der Waals surface area contributed by atoms with Crippen LogP contribution in [0.3, 0.4) is 0 Å². The van der Waals surface area contributed by atoms with E-state index < -0.39 is 0 Å². The molecule has 0 saturated carbocycles. The van der Waals surface area contributed by atoms with Crippen molar-refractivity contribution in [2.75, 3.05) is 13.2 Å². The monoisotopic (exact) mass is 348 g/mol. The summed E-state index contributed by atoms with van der Waals surface area (Å²) in [7, 11) is 0. The maximum absolute atomic E-state index is 12.2. The third kappa shape index (κ3) is 3.47. The molecule has 0 atom stereocenters. The fraction of sp³-hybridized carbons (Fsp3) is 0.238. The molecule has 0 bridgehead atoms. The van der Waals surface area contributed by atoms with Crippen molar-refractivity contribution in [3.63, 3.8) is 0 Å². The van der Waals surface area contributed by atoms with Gasteiger partial charge in [-0.05, 0) is 48.2 Å². The third-order valence-corrected chi connectivity index (χ3v) is 4.51. The largest absolute Gasteiger partial charge is 0.486 e. The maximum atomic E-state index is 12.2. The molecule has 2 aliphatic rings. The van der Waals surface area contributed by atoms with Crippen molar-refractivity contribution in [3.8, 4) is 11.5 Å². The molecule has 1 amide bonds. The predicted octanol–water partition coefficient (Wildman–Crippen LogP) is 3.27. The minimum Gasteiger partial charge on any atom is -0.486 e. The molecule has 5 nitrogen and oxygen atoms in total. The minimum absolute atomic E-state index is 0.167. The quantitative estimate of drug-likeness (QED) is 0.863. The zero-order valence-electron chi connectivity index (χ0n) is 14.6. The van der Waals surface area contributed by atoms with Gasteiger partial charge in [-0.2, -0.15) is 0 Å². The Balaban J connectivity index is 1.49. The molecule has 5 heteroatoms. The van der Waals surface area contributed by atoms with Crippen LogP contribution in [-0.4, -0.2) is 25.0 Å². The number of hydrogen-bond donors (Lipinski definition) is 1. The van der Waals surface area contributed by atoms with Gasteiger partial charge in [-0.15, -0.1) is 0 Å². The maximum Gasteiger partial charge on any atom is 0.275 e. The molecular formula is C21H20N2O3. The number of carbonyl (C=O) groups is 1. The molecule has 2 heterocycles. The van der Waals surface area contributed by atoms with Crippen LogP contribution in [0.25, 0.3) is 6.08 Å². The molecule has 0 aromatic heterocycles. The number of ether oxygens (including phenoxy) is 2. The first kappa shape index (κ1) is 16.4. The number of amidine groups is 1. The van der Waals surface area contributed by atoms with Crippen molar-refractivity contribution in [2.45, 2.75) is 19.8 Å². The summed E-state index contributed by atoms with van der Waals surface area (Å²) in [6.07, 6.45) is 3.33. The highest BCUT2D eigenvalue weighted by atomic mass is 16.6. The Kier molecular flexibility index (Phi) is 4.44. The Morgan fingerprint density at radius 1 is 1.08 bits per heavy atom. The number of rotatable bonds is 4. The average Bonchev–Trinajstić information content (AvgIpc) is 3.00. The third-order valence-electron chi connectivity index (χ3n) is 4.51. The van der Waals surface area contributed by atoms with E-state index in [-0.39, 0.29) is 5.91 Å². The summed E-state index contributed by atoms with van der Waals surface area (Å²) < 4.78 is 11.1. The topological polar surface area (TPSA) is 59.9 Å². The number of benzene rings is 2. The molecular weight excluding hydrogens is 328 g/mol. The van der Waals surface area contributed by atoms with E-state index in [0.29, 0.717) is 36.9 Å². The summed E-state index contributed by atoms with van der Waals surface area (Å²) in [6, 6.07) is 13.9. The molecule has 0 radical (unpaired) electrons. The van der Waals surface area contributed by atoms with Crippen molar-refractivity contribution in [1.82, 2.24) is 5.32 Å². The Bertz CT molecular complexity index is 915. The van der Waals surface area contributed by atoms with Crippen LogP contribution in [0.4, 0.5) is 0 Å². The number of aliphatic imine (C=N–C) groups is 1. The molecule has 2 aromatic rings. The molecule has 0 fully saturated rings. The minimum atomic E-state index is -0.167. The van der Waals surface area contributed by atoms with Crippen molar-refractivity contribution in [3.05, 3.63) is 64.9 Å². The molecule has 0 aliphatic carbocycles. The van der Waals surface area contributed by atoms with E-state index in [9.17, 15) is 4.79 Å². The van der Waals surface area contributed by atoms with Gasteiger partial charge in [-0.1, -0.05) is 30.3 Å². The highest BCUT2D eigenvalue weighted by Crippen LogP contribution is 2.31. The standard InChI is InChI=1S/C21H20N2O3/c1-14-4-2-3-5-16(14)7-9-20-22-17(21(24)23-20)12-15-6-8-18-19(13-15)26-11-10-25-18/h2-6,8,12-13H,7,9-11H2,1H3,(H,22,23,24)/b17-12+. The van der Waals surface area contributed by atoms with Crippen LogP contribution in [0.1, 0.15) is 23.1 Å². The van der Waals surface area contributed by atoms with E-state index in [0.717, 1.165) is 17.7 Å². The van der Waals surface area contributed by atoms with Gasteiger partial charge in [0.2, 0.25) is 0 Å². The predicted molar refractivity (Wildman–Crippen MR) is 100 cm³/mol. The number of nitrogens with one attached hydrogen (secondary N) is 1. The Morgan fingerprint density at radius 3 is 2.73 bits per heavy atom. The lowest BCUT2D eigenvalue weighted by Crippen LogP contribution is -2.24. The number of carbonyl (C=O) groups excluding carboxylic acids is 1. The number of fused-ring (bicyclic) bond motifs is 1. The summed E-state index contributed by atoms with van der Waals surface area (Å²) in [5.74, 6) is 1.98. The molecule has 26 heavy (non-hydrogen) atoms. The van der Waals surface area contributed by atoms with Gasteiger partial charge < -0.3 is 14.8 Å². The zero-order valence-corrected chi connectivity index (χ0v) is 14.6. The second kappa shape index (κ2) is 7.04.